The molecule has 128 valence electrons. The van der Waals surface area contributed by atoms with E-state index >= 15 is 0 Å². The molecule has 0 spiro atoms. The van der Waals surface area contributed by atoms with Crippen LogP contribution in [0.1, 0.15) is 24.5 Å². The highest BCUT2D eigenvalue weighted by molar-refractivity contribution is 5.24. The molecule has 0 bridgehead atoms. The summed E-state index contributed by atoms with van der Waals surface area (Å²) in [6.45, 7) is 6.94. The van der Waals surface area contributed by atoms with Crippen LogP contribution in [0.4, 0.5) is 0 Å². The van der Waals surface area contributed by atoms with Gasteiger partial charge in [0.2, 0.25) is 0 Å². The Kier molecular flexibility index (Phi) is 6.27. The molecule has 3 rings (SSSR count). The minimum Gasteiger partial charge on any atom is -0.489 e. The van der Waals surface area contributed by atoms with Crippen LogP contribution >= 0.6 is 0 Å². The van der Waals surface area contributed by atoms with Crippen LogP contribution in [0.3, 0.4) is 0 Å². The van der Waals surface area contributed by atoms with Gasteiger partial charge in [-0.2, -0.15) is 0 Å². The zero-order valence-electron chi connectivity index (χ0n) is 14.5. The first-order valence-corrected chi connectivity index (χ1v) is 8.89. The Labute approximate surface area is 145 Å². The Bertz CT molecular complexity index is 597. The van der Waals surface area contributed by atoms with Crippen LogP contribution in [0, 0.1) is 0 Å². The molecule has 2 aromatic carbocycles. The smallest absolute Gasteiger partial charge is 0.119 e. The van der Waals surface area contributed by atoms with E-state index in [2.05, 4.69) is 36.1 Å². The first kappa shape index (κ1) is 17.0. The SMILES string of the molecule is C[C@H]1CN(CCCc2ccc(COc3ccccc3)cc2)CCO1. The van der Waals surface area contributed by atoms with Crippen molar-refractivity contribution >= 4 is 0 Å². The monoisotopic (exact) mass is 325 g/mol. The van der Waals surface area contributed by atoms with Crippen molar-refractivity contribution in [1.29, 1.82) is 0 Å². The van der Waals surface area contributed by atoms with E-state index < -0.39 is 0 Å². The molecule has 1 atom stereocenters. The molecule has 0 aromatic heterocycles. The quantitative estimate of drug-likeness (QED) is 0.770. The maximum atomic E-state index is 5.78. The third kappa shape index (κ3) is 5.36. The summed E-state index contributed by atoms with van der Waals surface area (Å²) in [5, 5.41) is 0. The van der Waals surface area contributed by atoms with Gasteiger partial charge in [0.15, 0.2) is 0 Å². The first-order chi connectivity index (χ1) is 11.8. The molecular weight excluding hydrogens is 298 g/mol. The highest BCUT2D eigenvalue weighted by Gasteiger charge is 2.15. The molecular formula is C21H27NO2. The maximum Gasteiger partial charge on any atom is 0.119 e. The second-order valence-corrected chi connectivity index (χ2v) is 6.50. The summed E-state index contributed by atoms with van der Waals surface area (Å²) >= 11 is 0. The third-order valence-electron chi connectivity index (χ3n) is 4.44. The van der Waals surface area contributed by atoms with Gasteiger partial charge in [0.1, 0.15) is 12.4 Å². The highest BCUT2D eigenvalue weighted by Crippen LogP contribution is 2.13. The molecule has 1 aliphatic rings. The van der Waals surface area contributed by atoms with Crippen LogP contribution in [-0.4, -0.2) is 37.2 Å². The lowest BCUT2D eigenvalue weighted by Crippen LogP contribution is -2.41. The number of para-hydroxylation sites is 1. The van der Waals surface area contributed by atoms with E-state index in [4.69, 9.17) is 9.47 Å². The predicted molar refractivity (Wildman–Crippen MR) is 97.4 cm³/mol. The van der Waals surface area contributed by atoms with E-state index in [1.165, 1.54) is 17.5 Å². The van der Waals surface area contributed by atoms with Gasteiger partial charge < -0.3 is 9.47 Å². The average Bonchev–Trinajstić information content (AvgIpc) is 2.62. The van der Waals surface area contributed by atoms with Crippen molar-refractivity contribution < 1.29 is 9.47 Å². The molecule has 0 radical (unpaired) electrons. The second-order valence-electron chi connectivity index (χ2n) is 6.50. The van der Waals surface area contributed by atoms with E-state index in [-0.39, 0.29) is 0 Å². The molecule has 1 aliphatic heterocycles. The normalized spacial score (nSPS) is 18.5. The van der Waals surface area contributed by atoms with Gasteiger partial charge in [0.05, 0.1) is 12.7 Å². The van der Waals surface area contributed by atoms with Gasteiger partial charge >= 0.3 is 0 Å². The lowest BCUT2D eigenvalue weighted by molar-refractivity contribution is -0.0184. The molecule has 3 heteroatoms. The van der Waals surface area contributed by atoms with Crippen LogP contribution in [0.25, 0.3) is 0 Å². The van der Waals surface area contributed by atoms with Crippen molar-refractivity contribution in [3.8, 4) is 5.75 Å². The molecule has 0 unspecified atom stereocenters. The van der Waals surface area contributed by atoms with E-state index in [0.29, 0.717) is 12.7 Å². The van der Waals surface area contributed by atoms with Crippen LogP contribution in [-0.2, 0) is 17.8 Å². The first-order valence-electron chi connectivity index (χ1n) is 8.89. The molecule has 24 heavy (non-hydrogen) atoms. The van der Waals surface area contributed by atoms with Crippen molar-refractivity contribution in [3.63, 3.8) is 0 Å². The van der Waals surface area contributed by atoms with E-state index in [9.17, 15) is 0 Å². The van der Waals surface area contributed by atoms with E-state index in [0.717, 1.165) is 38.4 Å². The highest BCUT2D eigenvalue weighted by atomic mass is 16.5. The van der Waals surface area contributed by atoms with E-state index in [1.807, 2.05) is 30.3 Å². The van der Waals surface area contributed by atoms with Crippen molar-refractivity contribution in [2.75, 3.05) is 26.2 Å². The fourth-order valence-electron chi connectivity index (χ4n) is 3.09. The lowest BCUT2D eigenvalue weighted by Gasteiger charge is -2.31. The summed E-state index contributed by atoms with van der Waals surface area (Å²) in [6, 6.07) is 18.8. The van der Waals surface area contributed by atoms with Gasteiger partial charge in [-0.05, 0) is 49.6 Å². The second kappa shape index (κ2) is 8.86. The minimum absolute atomic E-state index is 0.377. The Hall–Kier alpha value is -1.84. The van der Waals surface area contributed by atoms with Crippen LogP contribution in [0.5, 0.6) is 5.75 Å². The fourth-order valence-corrected chi connectivity index (χ4v) is 3.09. The molecule has 1 heterocycles. The molecule has 0 saturated carbocycles. The summed E-state index contributed by atoms with van der Waals surface area (Å²) in [5.41, 5.74) is 2.62. The van der Waals surface area contributed by atoms with Crippen molar-refractivity contribution in [1.82, 2.24) is 4.90 Å². The van der Waals surface area contributed by atoms with Gasteiger partial charge in [-0.1, -0.05) is 42.5 Å². The fraction of sp³-hybridized carbons (Fsp3) is 0.429. The van der Waals surface area contributed by atoms with Gasteiger partial charge in [-0.3, -0.25) is 4.90 Å². The number of rotatable bonds is 7. The van der Waals surface area contributed by atoms with Crippen LogP contribution in [0.2, 0.25) is 0 Å². The van der Waals surface area contributed by atoms with Crippen LogP contribution in [0.15, 0.2) is 54.6 Å². The minimum atomic E-state index is 0.377. The summed E-state index contributed by atoms with van der Waals surface area (Å²) in [5.74, 6) is 0.918. The Morgan fingerprint density at radius 3 is 2.54 bits per heavy atom. The number of nitrogens with zero attached hydrogens (tertiary/aromatic N) is 1. The molecule has 0 aliphatic carbocycles. The topological polar surface area (TPSA) is 21.7 Å². The molecule has 2 aromatic rings. The lowest BCUT2D eigenvalue weighted by atomic mass is 10.1. The van der Waals surface area contributed by atoms with Gasteiger partial charge in [0.25, 0.3) is 0 Å². The summed E-state index contributed by atoms with van der Waals surface area (Å²) in [4.78, 5) is 2.51. The van der Waals surface area contributed by atoms with Gasteiger partial charge in [0, 0.05) is 13.1 Å². The molecule has 0 N–H and O–H groups in total. The predicted octanol–water partition coefficient (Wildman–Crippen LogP) is 3.92. The van der Waals surface area contributed by atoms with Crippen molar-refractivity contribution in [2.24, 2.45) is 0 Å². The molecule has 3 nitrogen and oxygen atoms in total. The molecule has 1 fully saturated rings. The van der Waals surface area contributed by atoms with Gasteiger partial charge in [-0.25, -0.2) is 0 Å². The number of hydrogen-bond acceptors (Lipinski definition) is 3. The van der Waals surface area contributed by atoms with Crippen molar-refractivity contribution in [2.45, 2.75) is 32.5 Å². The molecule has 1 saturated heterocycles. The summed E-state index contributed by atoms with van der Waals surface area (Å²) in [6.07, 6.45) is 2.71. The Balaban J connectivity index is 1.39. The Morgan fingerprint density at radius 2 is 1.79 bits per heavy atom. The number of ether oxygens (including phenoxy) is 2. The molecule has 0 amide bonds. The zero-order valence-corrected chi connectivity index (χ0v) is 14.5. The largest absolute Gasteiger partial charge is 0.489 e. The van der Waals surface area contributed by atoms with Crippen molar-refractivity contribution in [3.05, 3.63) is 65.7 Å². The number of hydrogen-bond donors (Lipinski definition) is 0. The third-order valence-corrected chi connectivity index (χ3v) is 4.44. The Morgan fingerprint density at radius 1 is 1.04 bits per heavy atom. The zero-order chi connectivity index (χ0) is 16.6. The number of aryl methyl sites for hydroxylation is 1. The number of morpholine rings is 1. The van der Waals surface area contributed by atoms with E-state index in [1.54, 1.807) is 0 Å². The van der Waals surface area contributed by atoms with Gasteiger partial charge in [-0.15, -0.1) is 0 Å². The summed E-state index contributed by atoms with van der Waals surface area (Å²) < 4.78 is 11.4. The maximum absolute atomic E-state index is 5.78. The number of benzene rings is 2. The summed E-state index contributed by atoms with van der Waals surface area (Å²) in [7, 11) is 0. The standard InChI is InChI=1S/C21H27NO2/c1-18-16-22(14-15-23-18)13-5-6-19-9-11-20(12-10-19)17-24-21-7-3-2-4-8-21/h2-4,7-12,18H,5-6,13-17H2,1H3/t18-/m0/s1. The van der Waals surface area contributed by atoms with Crippen LogP contribution < -0.4 is 4.74 Å². The average molecular weight is 325 g/mol.